The molecule has 0 aliphatic carbocycles. The third-order valence-corrected chi connectivity index (χ3v) is 4.14. The maximum absolute atomic E-state index is 12.0. The Balaban J connectivity index is 2.05. The molecule has 0 unspecified atom stereocenters. The lowest BCUT2D eigenvalue weighted by molar-refractivity contribution is -0.133. The van der Waals surface area contributed by atoms with Crippen molar-refractivity contribution >= 4 is 11.8 Å². The second kappa shape index (κ2) is 8.25. The minimum atomic E-state index is -0.336. The Labute approximate surface area is 121 Å². The van der Waals surface area contributed by atoms with Crippen molar-refractivity contribution < 1.29 is 14.8 Å². The van der Waals surface area contributed by atoms with Gasteiger partial charge < -0.3 is 4.90 Å². The summed E-state index contributed by atoms with van der Waals surface area (Å²) in [6.07, 6.45) is 6.69. The summed E-state index contributed by atoms with van der Waals surface area (Å²) in [4.78, 5) is 24.8. The van der Waals surface area contributed by atoms with Crippen LogP contribution in [0.5, 0.6) is 0 Å². The molecule has 5 heteroatoms. The first kappa shape index (κ1) is 17.0. The van der Waals surface area contributed by atoms with Crippen LogP contribution in [0.3, 0.4) is 0 Å². The molecule has 5 nitrogen and oxygen atoms in total. The highest BCUT2D eigenvalue weighted by Crippen LogP contribution is 2.29. The average Bonchev–Trinajstić information content (AvgIpc) is 2.41. The molecule has 0 atom stereocenters. The van der Waals surface area contributed by atoms with Crippen LogP contribution in [0.1, 0.15) is 65.2 Å². The van der Waals surface area contributed by atoms with Gasteiger partial charge in [0.15, 0.2) is 0 Å². The third kappa shape index (κ3) is 6.37. The van der Waals surface area contributed by atoms with Gasteiger partial charge in [0.1, 0.15) is 0 Å². The van der Waals surface area contributed by atoms with Gasteiger partial charge >= 0.3 is 0 Å². The highest BCUT2D eigenvalue weighted by Gasteiger charge is 2.27. The van der Waals surface area contributed by atoms with E-state index in [1.807, 2.05) is 4.90 Å². The van der Waals surface area contributed by atoms with Crippen molar-refractivity contribution in [2.45, 2.75) is 65.2 Å². The van der Waals surface area contributed by atoms with Crippen LogP contribution in [0.2, 0.25) is 0 Å². The Morgan fingerprint density at radius 3 is 2.15 bits per heavy atom. The summed E-state index contributed by atoms with van der Waals surface area (Å²) in [6, 6.07) is 0. The number of nitrogens with zero attached hydrogens (tertiary/aromatic N) is 1. The van der Waals surface area contributed by atoms with E-state index in [4.69, 9.17) is 5.21 Å². The van der Waals surface area contributed by atoms with Crippen LogP contribution in [-0.2, 0) is 9.59 Å². The summed E-state index contributed by atoms with van der Waals surface area (Å²) < 4.78 is 0. The summed E-state index contributed by atoms with van der Waals surface area (Å²) in [5, 5.41) is 8.34. The number of hydrogen-bond acceptors (Lipinski definition) is 3. The molecule has 1 aliphatic heterocycles. The van der Waals surface area contributed by atoms with Crippen molar-refractivity contribution in [3.8, 4) is 0 Å². The van der Waals surface area contributed by atoms with Gasteiger partial charge in [-0.15, -0.1) is 0 Å². The predicted octanol–water partition coefficient (Wildman–Crippen LogP) is 2.48. The standard InChI is InChI=1S/C15H28N2O3/c1-15(2)9-11-17(12-10-15)14(19)8-6-4-3-5-7-13(18)16-20/h20H,3-12H2,1-2H3,(H,16,18). The van der Waals surface area contributed by atoms with E-state index >= 15 is 0 Å². The molecular formula is C15H28N2O3. The van der Waals surface area contributed by atoms with E-state index in [9.17, 15) is 9.59 Å². The van der Waals surface area contributed by atoms with Gasteiger partial charge in [-0.3, -0.25) is 14.8 Å². The molecule has 0 saturated carbocycles. The molecule has 2 amide bonds. The summed E-state index contributed by atoms with van der Waals surface area (Å²) in [5.41, 5.74) is 2.00. The summed E-state index contributed by atoms with van der Waals surface area (Å²) in [6.45, 7) is 6.31. The number of piperidine rings is 1. The van der Waals surface area contributed by atoms with E-state index in [0.29, 0.717) is 18.3 Å². The molecule has 0 aromatic carbocycles. The molecule has 1 heterocycles. The van der Waals surface area contributed by atoms with Crippen molar-refractivity contribution in [2.24, 2.45) is 5.41 Å². The van der Waals surface area contributed by atoms with E-state index in [1.165, 1.54) is 0 Å². The molecule has 0 aromatic rings. The fourth-order valence-corrected chi connectivity index (χ4v) is 2.49. The van der Waals surface area contributed by atoms with Crippen molar-refractivity contribution in [3.63, 3.8) is 0 Å². The van der Waals surface area contributed by atoms with Gasteiger partial charge in [0.2, 0.25) is 11.8 Å². The van der Waals surface area contributed by atoms with Gasteiger partial charge in [-0.25, -0.2) is 5.48 Å². The summed E-state index contributed by atoms with van der Waals surface area (Å²) >= 11 is 0. The van der Waals surface area contributed by atoms with E-state index in [-0.39, 0.29) is 11.8 Å². The average molecular weight is 284 g/mol. The van der Waals surface area contributed by atoms with E-state index in [0.717, 1.165) is 51.6 Å². The highest BCUT2D eigenvalue weighted by atomic mass is 16.5. The lowest BCUT2D eigenvalue weighted by Gasteiger charge is -2.37. The number of rotatable bonds is 7. The topological polar surface area (TPSA) is 69.6 Å². The monoisotopic (exact) mass is 284 g/mol. The van der Waals surface area contributed by atoms with Gasteiger partial charge in [0.05, 0.1) is 0 Å². The van der Waals surface area contributed by atoms with Gasteiger partial charge in [0, 0.05) is 25.9 Å². The zero-order chi connectivity index (χ0) is 15.0. The normalized spacial score (nSPS) is 17.9. The molecule has 116 valence electrons. The first-order valence-electron chi connectivity index (χ1n) is 7.65. The van der Waals surface area contributed by atoms with E-state index < -0.39 is 0 Å². The first-order chi connectivity index (χ1) is 9.44. The number of likely N-dealkylation sites (tertiary alicyclic amines) is 1. The zero-order valence-electron chi connectivity index (χ0n) is 12.8. The second-order valence-electron chi connectivity index (χ2n) is 6.49. The van der Waals surface area contributed by atoms with Crippen LogP contribution in [0.4, 0.5) is 0 Å². The SMILES string of the molecule is CC1(C)CCN(C(=O)CCCCCCC(=O)NO)CC1. The van der Waals surface area contributed by atoms with Crippen LogP contribution >= 0.6 is 0 Å². The summed E-state index contributed by atoms with van der Waals surface area (Å²) in [5.74, 6) is -0.0643. The fourth-order valence-electron chi connectivity index (χ4n) is 2.49. The van der Waals surface area contributed by atoms with Gasteiger partial charge in [-0.2, -0.15) is 0 Å². The van der Waals surface area contributed by atoms with Crippen molar-refractivity contribution in [2.75, 3.05) is 13.1 Å². The Morgan fingerprint density at radius 1 is 1.05 bits per heavy atom. The Kier molecular flexibility index (Phi) is 6.99. The largest absolute Gasteiger partial charge is 0.343 e. The molecule has 1 rings (SSSR count). The Bertz CT molecular complexity index is 319. The first-order valence-corrected chi connectivity index (χ1v) is 7.65. The molecule has 0 bridgehead atoms. The minimum Gasteiger partial charge on any atom is -0.343 e. The molecule has 0 radical (unpaired) electrons. The van der Waals surface area contributed by atoms with Gasteiger partial charge in [0.25, 0.3) is 0 Å². The molecule has 2 N–H and O–H groups in total. The van der Waals surface area contributed by atoms with Crippen LogP contribution in [0.15, 0.2) is 0 Å². The number of carbonyl (C=O) groups is 2. The maximum atomic E-state index is 12.0. The lowest BCUT2D eigenvalue weighted by atomic mass is 9.82. The van der Waals surface area contributed by atoms with Crippen LogP contribution in [0.25, 0.3) is 0 Å². The number of carbonyl (C=O) groups excluding carboxylic acids is 2. The fraction of sp³-hybridized carbons (Fsp3) is 0.867. The molecular weight excluding hydrogens is 256 g/mol. The highest BCUT2D eigenvalue weighted by molar-refractivity contribution is 5.76. The van der Waals surface area contributed by atoms with Crippen LogP contribution in [0, 0.1) is 5.41 Å². The van der Waals surface area contributed by atoms with Crippen molar-refractivity contribution in [3.05, 3.63) is 0 Å². The number of hydrogen-bond donors (Lipinski definition) is 2. The van der Waals surface area contributed by atoms with E-state index in [2.05, 4.69) is 13.8 Å². The Morgan fingerprint density at radius 2 is 1.60 bits per heavy atom. The van der Waals surface area contributed by atoms with Gasteiger partial charge in [-0.1, -0.05) is 26.7 Å². The third-order valence-electron chi connectivity index (χ3n) is 4.14. The number of unbranched alkanes of at least 4 members (excludes halogenated alkanes) is 3. The van der Waals surface area contributed by atoms with Crippen LogP contribution in [-0.4, -0.2) is 35.0 Å². The Hall–Kier alpha value is -1.10. The number of hydroxylamine groups is 1. The van der Waals surface area contributed by atoms with Gasteiger partial charge in [-0.05, 0) is 31.1 Å². The molecule has 0 spiro atoms. The smallest absolute Gasteiger partial charge is 0.243 e. The summed E-state index contributed by atoms with van der Waals surface area (Å²) in [7, 11) is 0. The zero-order valence-corrected chi connectivity index (χ0v) is 12.8. The molecule has 1 saturated heterocycles. The molecule has 1 aliphatic rings. The minimum absolute atomic E-state index is 0.272. The maximum Gasteiger partial charge on any atom is 0.243 e. The molecule has 1 fully saturated rings. The van der Waals surface area contributed by atoms with Crippen molar-refractivity contribution in [1.29, 1.82) is 0 Å². The molecule has 20 heavy (non-hydrogen) atoms. The lowest BCUT2D eigenvalue weighted by Crippen LogP contribution is -2.41. The number of amides is 2. The quantitative estimate of drug-likeness (QED) is 0.429. The van der Waals surface area contributed by atoms with Crippen LogP contribution < -0.4 is 5.48 Å². The predicted molar refractivity (Wildman–Crippen MR) is 77.2 cm³/mol. The molecule has 0 aromatic heterocycles. The van der Waals surface area contributed by atoms with E-state index in [1.54, 1.807) is 5.48 Å². The second-order valence-corrected chi connectivity index (χ2v) is 6.49. The van der Waals surface area contributed by atoms with Crippen molar-refractivity contribution in [1.82, 2.24) is 10.4 Å². The number of nitrogens with one attached hydrogen (secondary N) is 1.